The highest BCUT2D eigenvalue weighted by atomic mass is 16.4. The van der Waals surface area contributed by atoms with Gasteiger partial charge in [-0.05, 0) is 24.8 Å². The molecular formula is C16H20N2O3. The second-order valence-electron chi connectivity index (χ2n) is 5.16. The summed E-state index contributed by atoms with van der Waals surface area (Å²) >= 11 is 0. The number of rotatable bonds is 5. The number of hydrogen-bond donors (Lipinski definition) is 3. The van der Waals surface area contributed by atoms with Gasteiger partial charge >= 0.3 is 12.0 Å². The van der Waals surface area contributed by atoms with Gasteiger partial charge in [0, 0.05) is 6.04 Å². The number of carboxylic acid groups (broad SMARTS) is 1. The predicted octanol–water partition coefficient (Wildman–Crippen LogP) is 2.61. The number of allylic oxidation sites excluding steroid dienone is 1. The average Bonchev–Trinajstić information content (AvgIpc) is 2.48. The van der Waals surface area contributed by atoms with Crippen molar-refractivity contribution in [2.24, 2.45) is 0 Å². The molecule has 21 heavy (non-hydrogen) atoms. The summed E-state index contributed by atoms with van der Waals surface area (Å²) in [7, 11) is 0. The Kier molecular flexibility index (Phi) is 5.37. The third-order valence-electron chi connectivity index (χ3n) is 3.49. The molecule has 0 heterocycles. The topological polar surface area (TPSA) is 78.4 Å². The van der Waals surface area contributed by atoms with Crippen LogP contribution in [0.2, 0.25) is 0 Å². The van der Waals surface area contributed by atoms with E-state index in [2.05, 4.69) is 22.8 Å². The highest BCUT2D eigenvalue weighted by molar-refractivity contribution is 5.76. The summed E-state index contributed by atoms with van der Waals surface area (Å²) in [5, 5.41) is 14.7. The number of amides is 2. The second kappa shape index (κ2) is 7.47. The van der Waals surface area contributed by atoms with Gasteiger partial charge in [0.05, 0.1) is 12.5 Å². The van der Waals surface area contributed by atoms with E-state index in [1.54, 1.807) is 0 Å². The predicted molar refractivity (Wildman–Crippen MR) is 79.9 cm³/mol. The zero-order chi connectivity index (χ0) is 15.1. The van der Waals surface area contributed by atoms with Gasteiger partial charge in [0.25, 0.3) is 0 Å². The molecule has 0 saturated carbocycles. The molecular weight excluding hydrogens is 268 g/mol. The van der Waals surface area contributed by atoms with Crippen molar-refractivity contribution in [3.05, 3.63) is 48.0 Å². The molecule has 5 heteroatoms. The van der Waals surface area contributed by atoms with Gasteiger partial charge < -0.3 is 15.7 Å². The lowest BCUT2D eigenvalue weighted by Crippen LogP contribution is -2.44. The van der Waals surface area contributed by atoms with Gasteiger partial charge in [-0.15, -0.1) is 0 Å². The van der Waals surface area contributed by atoms with Gasteiger partial charge in [0.2, 0.25) is 0 Å². The van der Waals surface area contributed by atoms with Crippen LogP contribution in [-0.4, -0.2) is 23.1 Å². The molecule has 0 aromatic heterocycles. The van der Waals surface area contributed by atoms with Gasteiger partial charge in [0.1, 0.15) is 0 Å². The van der Waals surface area contributed by atoms with Crippen molar-refractivity contribution in [1.82, 2.24) is 10.6 Å². The molecule has 2 amide bonds. The molecule has 0 spiro atoms. The lowest BCUT2D eigenvalue weighted by Gasteiger charge is -2.23. The zero-order valence-corrected chi connectivity index (χ0v) is 11.8. The largest absolute Gasteiger partial charge is 0.481 e. The van der Waals surface area contributed by atoms with Crippen LogP contribution in [0.1, 0.15) is 37.3 Å². The average molecular weight is 288 g/mol. The molecule has 1 aromatic carbocycles. The molecule has 0 radical (unpaired) electrons. The number of nitrogens with one attached hydrogen (secondary N) is 2. The second-order valence-corrected chi connectivity index (χ2v) is 5.16. The van der Waals surface area contributed by atoms with Crippen molar-refractivity contribution in [3.8, 4) is 0 Å². The van der Waals surface area contributed by atoms with E-state index in [1.165, 1.54) is 0 Å². The fourth-order valence-corrected chi connectivity index (χ4v) is 2.42. The summed E-state index contributed by atoms with van der Waals surface area (Å²) < 4.78 is 0. The first-order chi connectivity index (χ1) is 10.1. The van der Waals surface area contributed by atoms with Crippen LogP contribution in [0.4, 0.5) is 4.79 Å². The van der Waals surface area contributed by atoms with E-state index in [1.807, 2.05) is 30.3 Å². The number of carbonyl (C=O) groups is 2. The third-order valence-corrected chi connectivity index (χ3v) is 3.49. The molecule has 0 aliphatic heterocycles. The molecule has 2 atom stereocenters. The fraction of sp³-hybridized carbons (Fsp3) is 0.375. The maximum atomic E-state index is 12.0. The van der Waals surface area contributed by atoms with Crippen molar-refractivity contribution in [3.63, 3.8) is 0 Å². The maximum Gasteiger partial charge on any atom is 0.315 e. The summed E-state index contributed by atoms with van der Waals surface area (Å²) in [6.07, 6.45) is 6.72. The lowest BCUT2D eigenvalue weighted by atomic mass is 10.0. The smallest absolute Gasteiger partial charge is 0.315 e. The van der Waals surface area contributed by atoms with Gasteiger partial charge in [-0.25, -0.2) is 4.79 Å². The number of urea groups is 1. The maximum absolute atomic E-state index is 12.0. The first-order valence-electron chi connectivity index (χ1n) is 7.14. The standard InChI is InChI=1S/C16H20N2O3/c19-15(20)11-14(12-7-3-1-4-8-12)18-16(21)17-13-9-5-2-6-10-13/h1-5,7-8,13-14H,6,9-11H2,(H,19,20)(H2,17,18,21). The molecule has 0 bridgehead atoms. The molecule has 1 aromatic rings. The molecule has 112 valence electrons. The number of hydrogen-bond acceptors (Lipinski definition) is 2. The summed E-state index contributed by atoms with van der Waals surface area (Å²) in [6.45, 7) is 0. The minimum atomic E-state index is -0.940. The number of carbonyl (C=O) groups excluding carboxylic acids is 1. The number of benzene rings is 1. The third kappa shape index (κ3) is 4.95. The summed E-state index contributed by atoms with van der Waals surface area (Å²) in [6, 6.07) is 8.43. The van der Waals surface area contributed by atoms with E-state index in [0.717, 1.165) is 24.8 Å². The first kappa shape index (κ1) is 15.1. The van der Waals surface area contributed by atoms with Crippen LogP contribution in [0.15, 0.2) is 42.5 Å². The van der Waals surface area contributed by atoms with Gasteiger partial charge in [-0.1, -0.05) is 42.5 Å². The lowest BCUT2D eigenvalue weighted by molar-refractivity contribution is -0.137. The Morgan fingerprint density at radius 1 is 1.24 bits per heavy atom. The molecule has 5 nitrogen and oxygen atoms in total. The van der Waals surface area contributed by atoms with Crippen molar-refractivity contribution >= 4 is 12.0 Å². The van der Waals surface area contributed by atoms with Crippen LogP contribution in [0.3, 0.4) is 0 Å². The fourth-order valence-electron chi connectivity index (χ4n) is 2.42. The van der Waals surface area contributed by atoms with Crippen molar-refractivity contribution in [1.29, 1.82) is 0 Å². The summed E-state index contributed by atoms with van der Waals surface area (Å²) in [4.78, 5) is 23.0. The Bertz CT molecular complexity index is 514. The van der Waals surface area contributed by atoms with E-state index in [-0.39, 0.29) is 18.5 Å². The van der Waals surface area contributed by atoms with E-state index in [9.17, 15) is 9.59 Å². The number of aliphatic carboxylic acids is 1. The van der Waals surface area contributed by atoms with Crippen molar-refractivity contribution in [2.75, 3.05) is 0 Å². The van der Waals surface area contributed by atoms with Gasteiger partial charge in [-0.3, -0.25) is 4.79 Å². The van der Waals surface area contributed by atoms with Crippen LogP contribution in [0.5, 0.6) is 0 Å². The highest BCUT2D eigenvalue weighted by Gasteiger charge is 2.19. The quantitative estimate of drug-likeness (QED) is 0.729. The summed E-state index contributed by atoms with van der Waals surface area (Å²) in [5.74, 6) is -0.940. The Labute approximate surface area is 124 Å². The van der Waals surface area contributed by atoms with E-state index < -0.39 is 12.0 Å². The van der Waals surface area contributed by atoms with Crippen LogP contribution in [-0.2, 0) is 4.79 Å². The Morgan fingerprint density at radius 2 is 2.00 bits per heavy atom. The van der Waals surface area contributed by atoms with E-state index in [4.69, 9.17) is 5.11 Å². The highest BCUT2D eigenvalue weighted by Crippen LogP contribution is 2.17. The molecule has 2 rings (SSSR count). The van der Waals surface area contributed by atoms with E-state index in [0.29, 0.717) is 0 Å². The molecule has 0 fully saturated rings. The molecule has 2 unspecified atom stereocenters. The van der Waals surface area contributed by atoms with Gasteiger partial charge in [-0.2, -0.15) is 0 Å². The molecule has 1 aliphatic rings. The SMILES string of the molecule is O=C(O)CC(NC(=O)NC1CC=CCC1)c1ccccc1. The minimum absolute atomic E-state index is 0.122. The Hall–Kier alpha value is -2.30. The van der Waals surface area contributed by atoms with Crippen LogP contribution in [0.25, 0.3) is 0 Å². The van der Waals surface area contributed by atoms with E-state index >= 15 is 0 Å². The minimum Gasteiger partial charge on any atom is -0.481 e. The molecule has 3 N–H and O–H groups in total. The monoisotopic (exact) mass is 288 g/mol. The molecule has 0 saturated heterocycles. The first-order valence-corrected chi connectivity index (χ1v) is 7.14. The van der Waals surface area contributed by atoms with Crippen molar-refractivity contribution < 1.29 is 14.7 Å². The van der Waals surface area contributed by atoms with Crippen LogP contribution < -0.4 is 10.6 Å². The molecule has 1 aliphatic carbocycles. The Morgan fingerprint density at radius 3 is 2.62 bits per heavy atom. The van der Waals surface area contributed by atoms with Gasteiger partial charge in [0.15, 0.2) is 0 Å². The Balaban J connectivity index is 1.96. The van der Waals surface area contributed by atoms with Crippen LogP contribution in [0, 0.1) is 0 Å². The number of carboxylic acids is 1. The van der Waals surface area contributed by atoms with Crippen LogP contribution >= 0.6 is 0 Å². The van der Waals surface area contributed by atoms with Crippen molar-refractivity contribution in [2.45, 2.75) is 37.8 Å². The summed E-state index contributed by atoms with van der Waals surface area (Å²) in [5.41, 5.74) is 0.790. The zero-order valence-electron chi connectivity index (χ0n) is 11.8. The normalized spacial score (nSPS) is 18.8.